The minimum atomic E-state index is 0.0248. The first kappa shape index (κ1) is 13.5. The third kappa shape index (κ3) is 2.74. The van der Waals surface area contributed by atoms with Crippen LogP contribution in [0.4, 0.5) is 0 Å². The minimum absolute atomic E-state index is 0.0248. The van der Waals surface area contributed by atoms with E-state index in [1.807, 2.05) is 19.4 Å². The predicted octanol–water partition coefficient (Wildman–Crippen LogP) is 2.41. The number of aryl methyl sites for hydroxylation is 2. The molecule has 4 heteroatoms. The Morgan fingerprint density at radius 2 is 1.84 bits per heavy atom. The highest BCUT2D eigenvalue weighted by Gasteiger charge is 2.19. The smallest absolute Gasteiger partial charge is 0.124 e. The van der Waals surface area contributed by atoms with E-state index in [4.69, 9.17) is 4.74 Å². The third-order valence-corrected chi connectivity index (χ3v) is 3.20. The molecule has 0 spiro atoms. The van der Waals surface area contributed by atoms with Crippen molar-refractivity contribution < 1.29 is 4.74 Å². The average molecular weight is 257 g/mol. The van der Waals surface area contributed by atoms with E-state index in [0.717, 1.165) is 16.9 Å². The number of rotatable bonds is 4. The zero-order valence-corrected chi connectivity index (χ0v) is 11.8. The molecule has 0 saturated carbocycles. The molecule has 19 heavy (non-hydrogen) atoms. The predicted molar refractivity (Wildman–Crippen MR) is 75.4 cm³/mol. The second-order valence-corrected chi connectivity index (χ2v) is 4.59. The van der Waals surface area contributed by atoms with E-state index in [1.165, 1.54) is 17.5 Å². The van der Waals surface area contributed by atoms with E-state index in [1.54, 1.807) is 7.11 Å². The van der Waals surface area contributed by atoms with Gasteiger partial charge in [0.1, 0.15) is 12.1 Å². The van der Waals surface area contributed by atoms with Crippen LogP contribution in [0, 0.1) is 13.8 Å². The van der Waals surface area contributed by atoms with E-state index in [2.05, 4.69) is 41.3 Å². The second-order valence-electron chi connectivity index (χ2n) is 4.59. The highest BCUT2D eigenvalue weighted by Crippen LogP contribution is 2.33. The summed E-state index contributed by atoms with van der Waals surface area (Å²) < 4.78 is 5.53. The molecule has 4 nitrogen and oxygen atoms in total. The molecule has 1 aromatic carbocycles. The van der Waals surface area contributed by atoms with Gasteiger partial charge in [0.25, 0.3) is 0 Å². The van der Waals surface area contributed by atoms with Gasteiger partial charge in [-0.05, 0) is 38.1 Å². The number of hydrogen-bond acceptors (Lipinski definition) is 4. The number of benzene rings is 1. The molecule has 0 bridgehead atoms. The summed E-state index contributed by atoms with van der Waals surface area (Å²) in [6.07, 6.45) is 5.19. The molecule has 0 aliphatic heterocycles. The molecule has 1 unspecified atom stereocenters. The van der Waals surface area contributed by atoms with Gasteiger partial charge in [0.05, 0.1) is 13.2 Å². The lowest BCUT2D eigenvalue weighted by Crippen LogP contribution is -2.20. The quantitative estimate of drug-likeness (QED) is 0.913. The van der Waals surface area contributed by atoms with E-state index in [0.29, 0.717) is 0 Å². The lowest BCUT2D eigenvalue weighted by molar-refractivity contribution is 0.404. The maximum Gasteiger partial charge on any atom is 0.124 e. The fraction of sp³-hybridized carbons (Fsp3) is 0.333. The standard InChI is InChI=1S/C15H19N3O/c1-10-5-11(2)14(13(6-10)19-4)15(16-3)12-7-17-9-18-8-12/h5-9,15-16H,1-4H3. The first-order valence-electron chi connectivity index (χ1n) is 6.24. The molecule has 0 saturated heterocycles. The molecule has 2 rings (SSSR count). The highest BCUT2D eigenvalue weighted by atomic mass is 16.5. The Labute approximate surface area is 113 Å². The largest absolute Gasteiger partial charge is 0.496 e. The lowest BCUT2D eigenvalue weighted by Gasteiger charge is -2.22. The van der Waals surface area contributed by atoms with Gasteiger partial charge in [-0.15, -0.1) is 0 Å². The van der Waals surface area contributed by atoms with Crippen molar-refractivity contribution in [2.24, 2.45) is 0 Å². The SMILES string of the molecule is CNC(c1cncnc1)c1c(C)cc(C)cc1OC. The van der Waals surface area contributed by atoms with E-state index < -0.39 is 0 Å². The summed E-state index contributed by atoms with van der Waals surface area (Å²) in [7, 11) is 3.63. The number of methoxy groups -OCH3 is 1. The molecule has 2 aromatic rings. The number of ether oxygens (including phenoxy) is 1. The van der Waals surface area contributed by atoms with Gasteiger partial charge >= 0.3 is 0 Å². The van der Waals surface area contributed by atoms with E-state index >= 15 is 0 Å². The molecule has 1 aromatic heterocycles. The highest BCUT2D eigenvalue weighted by molar-refractivity contribution is 5.48. The van der Waals surface area contributed by atoms with Gasteiger partial charge in [0.2, 0.25) is 0 Å². The Morgan fingerprint density at radius 3 is 2.42 bits per heavy atom. The first-order valence-corrected chi connectivity index (χ1v) is 6.24. The van der Waals surface area contributed by atoms with Crippen LogP contribution in [0.25, 0.3) is 0 Å². The molecule has 0 aliphatic carbocycles. The summed E-state index contributed by atoms with van der Waals surface area (Å²) in [5.41, 5.74) is 4.54. The maximum atomic E-state index is 5.53. The monoisotopic (exact) mass is 257 g/mol. The topological polar surface area (TPSA) is 47.0 Å². The van der Waals surface area contributed by atoms with Crippen LogP contribution in [0.5, 0.6) is 5.75 Å². The van der Waals surface area contributed by atoms with Gasteiger partial charge in [-0.3, -0.25) is 0 Å². The first-order chi connectivity index (χ1) is 9.17. The molecular weight excluding hydrogens is 238 g/mol. The van der Waals surface area contributed by atoms with Crippen molar-refractivity contribution >= 4 is 0 Å². The van der Waals surface area contributed by atoms with Crippen molar-refractivity contribution in [3.8, 4) is 5.75 Å². The Bertz CT molecular complexity index is 555. The third-order valence-electron chi connectivity index (χ3n) is 3.20. The van der Waals surface area contributed by atoms with Crippen LogP contribution in [0.15, 0.2) is 30.9 Å². The summed E-state index contributed by atoms with van der Waals surface area (Å²) >= 11 is 0. The van der Waals surface area contributed by atoms with Gasteiger partial charge in [0.15, 0.2) is 0 Å². The normalized spacial score (nSPS) is 12.2. The zero-order chi connectivity index (χ0) is 13.8. The summed E-state index contributed by atoms with van der Waals surface area (Å²) in [6, 6.07) is 4.24. The van der Waals surface area contributed by atoms with Crippen molar-refractivity contribution in [1.29, 1.82) is 0 Å². The van der Waals surface area contributed by atoms with Gasteiger partial charge in [0, 0.05) is 23.5 Å². The van der Waals surface area contributed by atoms with Gasteiger partial charge < -0.3 is 10.1 Å². The molecule has 1 N–H and O–H groups in total. The fourth-order valence-electron chi connectivity index (χ4n) is 2.42. The Balaban J connectivity index is 2.55. The van der Waals surface area contributed by atoms with Crippen molar-refractivity contribution in [2.75, 3.05) is 14.2 Å². The molecule has 0 aliphatic rings. The minimum Gasteiger partial charge on any atom is -0.496 e. The van der Waals surface area contributed by atoms with Crippen LogP contribution in [-0.4, -0.2) is 24.1 Å². The van der Waals surface area contributed by atoms with Crippen LogP contribution < -0.4 is 10.1 Å². The summed E-state index contributed by atoms with van der Waals surface area (Å²) in [5.74, 6) is 0.890. The van der Waals surface area contributed by atoms with E-state index in [9.17, 15) is 0 Å². The maximum absolute atomic E-state index is 5.53. The van der Waals surface area contributed by atoms with E-state index in [-0.39, 0.29) is 6.04 Å². The van der Waals surface area contributed by atoms with Crippen molar-refractivity contribution in [2.45, 2.75) is 19.9 Å². The summed E-state index contributed by atoms with van der Waals surface area (Å²) in [4.78, 5) is 8.18. The van der Waals surface area contributed by atoms with Crippen molar-refractivity contribution in [3.05, 3.63) is 53.1 Å². The molecule has 100 valence electrons. The molecule has 0 amide bonds. The Morgan fingerprint density at radius 1 is 1.16 bits per heavy atom. The number of hydrogen-bond donors (Lipinski definition) is 1. The molecule has 0 fully saturated rings. The van der Waals surface area contributed by atoms with Crippen molar-refractivity contribution in [3.63, 3.8) is 0 Å². The number of aromatic nitrogens is 2. The summed E-state index contributed by atoms with van der Waals surface area (Å²) in [5, 5.41) is 3.31. The molecular formula is C15H19N3O. The second kappa shape index (κ2) is 5.80. The molecule has 1 heterocycles. The number of nitrogens with one attached hydrogen (secondary N) is 1. The van der Waals surface area contributed by atoms with Crippen molar-refractivity contribution in [1.82, 2.24) is 15.3 Å². The fourth-order valence-corrected chi connectivity index (χ4v) is 2.42. The van der Waals surface area contributed by atoms with Gasteiger partial charge in [-0.25, -0.2) is 9.97 Å². The van der Waals surface area contributed by atoms with Gasteiger partial charge in [-0.2, -0.15) is 0 Å². The molecule has 0 radical (unpaired) electrons. The molecule has 1 atom stereocenters. The average Bonchev–Trinajstić information content (AvgIpc) is 2.42. The number of nitrogens with zero attached hydrogens (tertiary/aromatic N) is 2. The zero-order valence-electron chi connectivity index (χ0n) is 11.8. The summed E-state index contributed by atoms with van der Waals surface area (Å²) in [6.45, 7) is 4.16. The van der Waals surface area contributed by atoms with Crippen LogP contribution in [0.1, 0.15) is 28.3 Å². The van der Waals surface area contributed by atoms with Crippen LogP contribution >= 0.6 is 0 Å². The Hall–Kier alpha value is -1.94. The lowest BCUT2D eigenvalue weighted by atomic mass is 9.94. The van der Waals surface area contributed by atoms with Crippen LogP contribution in [-0.2, 0) is 0 Å². The van der Waals surface area contributed by atoms with Crippen LogP contribution in [0.3, 0.4) is 0 Å². The van der Waals surface area contributed by atoms with Gasteiger partial charge in [-0.1, -0.05) is 6.07 Å². The van der Waals surface area contributed by atoms with Crippen LogP contribution in [0.2, 0.25) is 0 Å². The Kier molecular flexibility index (Phi) is 4.12.